The molecule has 16 heavy (non-hydrogen) atoms. The van der Waals surface area contributed by atoms with Crippen LogP contribution in [0.1, 0.15) is 18.1 Å². The van der Waals surface area contributed by atoms with Crippen molar-refractivity contribution < 1.29 is 13.2 Å². The second kappa shape index (κ2) is 4.20. The number of halogens is 3. The summed E-state index contributed by atoms with van der Waals surface area (Å²) < 4.78 is 37.5. The number of benzene rings is 1. The van der Waals surface area contributed by atoms with E-state index in [4.69, 9.17) is 0 Å². The highest BCUT2D eigenvalue weighted by atomic mass is 32.2. The Morgan fingerprint density at radius 2 is 2.12 bits per heavy atom. The smallest absolute Gasteiger partial charge is 0.384 e. The minimum absolute atomic E-state index is 0.418. The Kier molecular flexibility index (Phi) is 3.06. The summed E-state index contributed by atoms with van der Waals surface area (Å²) in [4.78, 5) is 0. The summed E-state index contributed by atoms with van der Waals surface area (Å²) >= 11 is 1.67. The molecule has 1 aromatic rings. The van der Waals surface area contributed by atoms with Crippen LogP contribution in [0.2, 0.25) is 0 Å². The predicted octanol–water partition coefficient (Wildman–Crippen LogP) is 3.75. The number of nitrogens with one attached hydrogen (secondary N) is 1. The number of alkyl halides is 3. The van der Waals surface area contributed by atoms with E-state index in [0.717, 1.165) is 23.9 Å². The van der Waals surface area contributed by atoms with Crippen LogP contribution in [-0.4, -0.2) is 11.8 Å². The van der Waals surface area contributed by atoms with E-state index in [1.165, 1.54) is 12.1 Å². The average molecular weight is 247 g/mol. The molecule has 0 radical (unpaired) electrons. The molecule has 1 atom stereocenters. The van der Waals surface area contributed by atoms with Crippen LogP contribution >= 0.6 is 11.8 Å². The van der Waals surface area contributed by atoms with Crippen molar-refractivity contribution in [2.24, 2.45) is 0 Å². The maximum atomic E-state index is 12.5. The predicted molar refractivity (Wildman–Crippen MR) is 60.7 cm³/mol. The molecule has 0 saturated carbocycles. The monoisotopic (exact) mass is 247 g/mol. The maximum absolute atomic E-state index is 12.5. The van der Waals surface area contributed by atoms with Crippen molar-refractivity contribution >= 4 is 17.4 Å². The lowest BCUT2D eigenvalue weighted by Crippen LogP contribution is -2.11. The topological polar surface area (TPSA) is 12.0 Å². The molecule has 1 aliphatic heterocycles. The van der Waals surface area contributed by atoms with Crippen molar-refractivity contribution in [3.63, 3.8) is 0 Å². The molecule has 0 bridgehead atoms. The van der Waals surface area contributed by atoms with Crippen molar-refractivity contribution in [2.75, 3.05) is 11.9 Å². The van der Waals surface area contributed by atoms with E-state index in [1.54, 1.807) is 11.8 Å². The second-order valence-corrected chi connectivity index (χ2v) is 5.30. The van der Waals surface area contributed by atoms with Gasteiger partial charge in [0.25, 0.3) is 0 Å². The third-order valence-corrected chi connectivity index (χ3v) is 3.75. The number of fused-ring (bicyclic) bond motifs is 1. The summed E-state index contributed by atoms with van der Waals surface area (Å²) in [5.74, 6) is 0.632. The summed E-state index contributed by atoms with van der Waals surface area (Å²) in [5.41, 5.74) is 0.997. The minimum atomic E-state index is -4.25. The normalized spacial score (nSPS) is 20.9. The Labute approximate surface area is 96.4 Å². The van der Waals surface area contributed by atoms with Gasteiger partial charge in [0.15, 0.2) is 0 Å². The first kappa shape index (κ1) is 11.6. The Morgan fingerprint density at radius 1 is 1.38 bits per heavy atom. The minimum Gasteiger partial charge on any atom is -0.384 e. The number of thioether (sulfide) groups is 1. The fourth-order valence-electron chi connectivity index (χ4n) is 1.61. The Balaban J connectivity index is 2.32. The number of hydrogen-bond acceptors (Lipinski definition) is 2. The van der Waals surface area contributed by atoms with E-state index < -0.39 is 11.7 Å². The van der Waals surface area contributed by atoms with Gasteiger partial charge in [-0.15, -0.1) is 0 Å². The van der Waals surface area contributed by atoms with E-state index >= 15 is 0 Å². The van der Waals surface area contributed by atoms with Gasteiger partial charge in [0, 0.05) is 23.2 Å². The van der Waals surface area contributed by atoms with Gasteiger partial charge in [-0.1, -0.05) is 6.92 Å². The van der Waals surface area contributed by atoms with Crippen LogP contribution in [0.15, 0.2) is 18.2 Å². The van der Waals surface area contributed by atoms with Crippen molar-refractivity contribution in [3.05, 3.63) is 29.3 Å². The molecule has 1 aliphatic rings. The summed E-state index contributed by atoms with van der Waals surface area (Å²) in [5, 5.41) is 3.58. The SMILES string of the molecule is C[C@@H]1CNc2ccc(C(F)(F)F)cc2CS1. The Bertz CT molecular complexity index is 389. The van der Waals surface area contributed by atoms with Crippen molar-refractivity contribution in [2.45, 2.75) is 24.1 Å². The summed E-state index contributed by atoms with van der Waals surface area (Å²) in [6.45, 7) is 2.86. The average Bonchev–Trinajstić information content (AvgIpc) is 2.39. The third kappa shape index (κ3) is 2.45. The first-order valence-corrected chi connectivity index (χ1v) is 6.07. The van der Waals surface area contributed by atoms with Crippen LogP contribution in [-0.2, 0) is 11.9 Å². The lowest BCUT2D eigenvalue weighted by Gasteiger charge is -2.11. The third-order valence-electron chi connectivity index (χ3n) is 2.54. The van der Waals surface area contributed by atoms with Crippen molar-refractivity contribution in [1.29, 1.82) is 0 Å². The van der Waals surface area contributed by atoms with Gasteiger partial charge in [-0.05, 0) is 23.8 Å². The second-order valence-electron chi connectivity index (χ2n) is 3.87. The lowest BCUT2D eigenvalue weighted by atomic mass is 10.1. The Hall–Kier alpha value is -0.840. The highest BCUT2D eigenvalue weighted by Crippen LogP contribution is 2.34. The molecule has 0 aliphatic carbocycles. The first-order chi connectivity index (χ1) is 7.47. The molecule has 1 aromatic carbocycles. The number of anilines is 1. The molecule has 1 heterocycles. The van der Waals surface area contributed by atoms with Gasteiger partial charge in [0.2, 0.25) is 0 Å². The highest BCUT2D eigenvalue weighted by molar-refractivity contribution is 7.99. The van der Waals surface area contributed by atoms with Crippen LogP contribution in [0.25, 0.3) is 0 Å². The summed E-state index contributed by atoms with van der Waals surface area (Å²) in [6.07, 6.45) is -4.25. The highest BCUT2D eigenvalue weighted by Gasteiger charge is 2.31. The van der Waals surface area contributed by atoms with E-state index in [1.807, 2.05) is 0 Å². The maximum Gasteiger partial charge on any atom is 0.416 e. The standard InChI is InChI=1S/C11H12F3NS/c1-7-5-15-10-3-2-9(11(12,13)14)4-8(10)6-16-7/h2-4,7,15H,5-6H2,1H3/t7-/m1/s1. The molecule has 88 valence electrons. The Morgan fingerprint density at radius 3 is 2.81 bits per heavy atom. The van der Waals surface area contributed by atoms with Crippen LogP contribution in [0.5, 0.6) is 0 Å². The van der Waals surface area contributed by atoms with Gasteiger partial charge in [0.1, 0.15) is 0 Å². The van der Waals surface area contributed by atoms with Gasteiger partial charge in [-0.25, -0.2) is 0 Å². The first-order valence-electron chi connectivity index (χ1n) is 5.02. The van der Waals surface area contributed by atoms with Crippen molar-refractivity contribution in [1.82, 2.24) is 0 Å². The fourth-order valence-corrected chi connectivity index (χ4v) is 2.51. The molecule has 5 heteroatoms. The van der Waals surface area contributed by atoms with E-state index in [2.05, 4.69) is 12.2 Å². The molecule has 0 spiro atoms. The molecule has 1 nitrogen and oxygen atoms in total. The van der Waals surface area contributed by atoms with Gasteiger partial charge >= 0.3 is 6.18 Å². The molecule has 0 amide bonds. The molecule has 0 saturated heterocycles. The largest absolute Gasteiger partial charge is 0.416 e. The molecule has 0 fully saturated rings. The van der Waals surface area contributed by atoms with E-state index in [9.17, 15) is 13.2 Å². The van der Waals surface area contributed by atoms with Crippen molar-refractivity contribution in [3.8, 4) is 0 Å². The summed E-state index contributed by atoms with van der Waals surface area (Å²) in [6, 6.07) is 3.90. The van der Waals surface area contributed by atoms with Crippen LogP contribution in [0.3, 0.4) is 0 Å². The molecule has 0 unspecified atom stereocenters. The van der Waals surface area contributed by atoms with E-state index in [-0.39, 0.29) is 0 Å². The van der Waals surface area contributed by atoms with Crippen LogP contribution in [0, 0.1) is 0 Å². The van der Waals surface area contributed by atoms with Gasteiger partial charge < -0.3 is 5.32 Å². The van der Waals surface area contributed by atoms with Crippen LogP contribution in [0.4, 0.5) is 18.9 Å². The number of rotatable bonds is 0. The zero-order valence-corrected chi connectivity index (χ0v) is 9.58. The van der Waals surface area contributed by atoms with Gasteiger partial charge in [-0.3, -0.25) is 0 Å². The molecular weight excluding hydrogens is 235 g/mol. The molecule has 0 aromatic heterocycles. The molecule has 2 rings (SSSR count). The number of hydrogen-bond donors (Lipinski definition) is 1. The summed E-state index contributed by atoms with van der Waals surface area (Å²) in [7, 11) is 0. The van der Waals surface area contributed by atoms with Crippen LogP contribution < -0.4 is 5.32 Å². The molecular formula is C11H12F3NS. The van der Waals surface area contributed by atoms with Gasteiger partial charge in [0.05, 0.1) is 5.56 Å². The molecule has 1 N–H and O–H groups in total. The zero-order valence-electron chi connectivity index (χ0n) is 8.77. The quantitative estimate of drug-likeness (QED) is 0.749. The zero-order chi connectivity index (χ0) is 11.8. The van der Waals surface area contributed by atoms with E-state index in [0.29, 0.717) is 11.0 Å². The fraction of sp³-hybridized carbons (Fsp3) is 0.455. The lowest BCUT2D eigenvalue weighted by molar-refractivity contribution is -0.137. The van der Waals surface area contributed by atoms with Gasteiger partial charge in [-0.2, -0.15) is 24.9 Å².